The van der Waals surface area contributed by atoms with E-state index in [0.29, 0.717) is 12.0 Å². The van der Waals surface area contributed by atoms with Crippen LogP contribution in [0, 0.1) is 6.92 Å². The van der Waals surface area contributed by atoms with E-state index in [9.17, 15) is 0 Å². The first-order valence-corrected chi connectivity index (χ1v) is 12.3. The van der Waals surface area contributed by atoms with Gasteiger partial charge in [-0.15, -0.1) is 0 Å². The number of nitrogens with zero attached hydrogens (tertiary/aromatic N) is 4. The molecule has 0 bridgehead atoms. The molecule has 176 valence electrons. The Hall–Kier alpha value is -3.21. The van der Waals surface area contributed by atoms with E-state index in [1.54, 1.807) is 0 Å². The number of anilines is 1. The van der Waals surface area contributed by atoms with Gasteiger partial charge in [-0.05, 0) is 50.5 Å². The number of imidazole rings is 1. The highest BCUT2D eigenvalue weighted by Gasteiger charge is 2.18. The zero-order chi connectivity index (χ0) is 24.4. The zero-order valence-corrected chi connectivity index (χ0v) is 21.5. The van der Waals surface area contributed by atoms with Crippen LogP contribution in [0.25, 0.3) is 28.3 Å². The molecule has 0 fully saturated rings. The highest BCUT2D eigenvalue weighted by molar-refractivity contribution is 5.81. The van der Waals surface area contributed by atoms with Crippen LogP contribution in [-0.4, -0.2) is 25.4 Å². The van der Waals surface area contributed by atoms with Crippen molar-refractivity contribution in [2.24, 2.45) is 0 Å². The average Bonchev–Trinajstić information content (AvgIpc) is 3.25. The molecule has 4 aromatic rings. The lowest BCUT2D eigenvalue weighted by Gasteiger charge is -2.12. The SMILES string of the molecule is CC.CC.CCc1ccn2c(-c3ccnc(NC(C)CC)n3)c(-c3ccc(C)cc3)nc2c1. The number of hydrogen-bond acceptors (Lipinski definition) is 4. The van der Waals surface area contributed by atoms with Gasteiger partial charge >= 0.3 is 0 Å². The third-order valence-electron chi connectivity index (χ3n) is 5.31. The van der Waals surface area contributed by atoms with Crippen LogP contribution >= 0.6 is 0 Å². The van der Waals surface area contributed by atoms with E-state index in [1.165, 1.54) is 11.1 Å². The van der Waals surface area contributed by atoms with Gasteiger partial charge in [0.05, 0.1) is 17.1 Å². The van der Waals surface area contributed by atoms with Crippen molar-refractivity contribution in [3.8, 4) is 22.6 Å². The second-order valence-corrected chi connectivity index (χ2v) is 7.51. The number of aryl methyl sites for hydroxylation is 2. The Morgan fingerprint density at radius 2 is 1.64 bits per heavy atom. The number of nitrogens with one attached hydrogen (secondary N) is 1. The monoisotopic (exact) mass is 445 g/mol. The van der Waals surface area contributed by atoms with Gasteiger partial charge in [-0.1, -0.05) is 71.4 Å². The highest BCUT2D eigenvalue weighted by atomic mass is 15.1. The van der Waals surface area contributed by atoms with Gasteiger partial charge in [0.15, 0.2) is 0 Å². The van der Waals surface area contributed by atoms with Gasteiger partial charge in [-0.25, -0.2) is 15.0 Å². The number of pyridine rings is 1. The van der Waals surface area contributed by atoms with Crippen molar-refractivity contribution in [1.82, 2.24) is 19.4 Å². The van der Waals surface area contributed by atoms with Gasteiger partial charge in [0.25, 0.3) is 0 Å². The Morgan fingerprint density at radius 1 is 0.939 bits per heavy atom. The molecule has 0 aliphatic carbocycles. The van der Waals surface area contributed by atoms with Crippen LogP contribution in [0.5, 0.6) is 0 Å². The second-order valence-electron chi connectivity index (χ2n) is 7.51. The summed E-state index contributed by atoms with van der Waals surface area (Å²) >= 11 is 0. The molecule has 0 saturated heterocycles. The molecule has 0 aliphatic heterocycles. The molecular formula is C28H39N5. The minimum absolute atomic E-state index is 0.316. The average molecular weight is 446 g/mol. The molecule has 1 aromatic carbocycles. The van der Waals surface area contributed by atoms with Gasteiger partial charge in [-0.2, -0.15) is 0 Å². The molecule has 0 spiro atoms. The van der Waals surface area contributed by atoms with E-state index in [-0.39, 0.29) is 0 Å². The second kappa shape index (κ2) is 12.7. The summed E-state index contributed by atoms with van der Waals surface area (Å²) < 4.78 is 2.13. The lowest BCUT2D eigenvalue weighted by Crippen LogP contribution is -2.15. The van der Waals surface area contributed by atoms with Gasteiger partial charge in [-0.3, -0.25) is 4.40 Å². The largest absolute Gasteiger partial charge is 0.352 e. The quantitative estimate of drug-likeness (QED) is 0.332. The number of fused-ring (bicyclic) bond motifs is 1. The van der Waals surface area contributed by atoms with E-state index in [4.69, 9.17) is 9.97 Å². The summed E-state index contributed by atoms with van der Waals surface area (Å²) in [6.07, 6.45) is 5.90. The van der Waals surface area contributed by atoms with Crippen molar-refractivity contribution in [3.05, 3.63) is 66.0 Å². The fraction of sp³-hybridized carbons (Fsp3) is 0.393. The van der Waals surface area contributed by atoms with Crippen LogP contribution in [0.1, 0.15) is 66.0 Å². The lowest BCUT2D eigenvalue weighted by molar-refractivity contribution is 0.753. The Kier molecular flexibility index (Phi) is 10.0. The summed E-state index contributed by atoms with van der Waals surface area (Å²) in [5.41, 5.74) is 7.30. The van der Waals surface area contributed by atoms with Crippen LogP contribution in [0.15, 0.2) is 54.9 Å². The molecule has 1 N–H and O–H groups in total. The molecule has 0 amide bonds. The molecule has 0 radical (unpaired) electrons. The summed E-state index contributed by atoms with van der Waals surface area (Å²) in [6.45, 7) is 16.5. The smallest absolute Gasteiger partial charge is 0.223 e. The Bertz CT molecular complexity index is 1130. The third-order valence-corrected chi connectivity index (χ3v) is 5.31. The van der Waals surface area contributed by atoms with Gasteiger partial charge in [0, 0.05) is 24.0 Å². The van der Waals surface area contributed by atoms with Crippen LogP contribution in [0.2, 0.25) is 0 Å². The van der Waals surface area contributed by atoms with Crippen molar-refractivity contribution >= 4 is 11.6 Å². The molecule has 0 saturated carbocycles. The number of aromatic nitrogens is 4. The Labute approximate surface area is 199 Å². The topological polar surface area (TPSA) is 55.1 Å². The molecule has 5 heteroatoms. The van der Waals surface area contributed by atoms with E-state index in [0.717, 1.165) is 41.1 Å². The summed E-state index contributed by atoms with van der Waals surface area (Å²) in [7, 11) is 0. The molecule has 3 heterocycles. The van der Waals surface area contributed by atoms with Crippen molar-refractivity contribution in [1.29, 1.82) is 0 Å². The number of hydrogen-bond donors (Lipinski definition) is 1. The van der Waals surface area contributed by atoms with Crippen LogP contribution in [0.4, 0.5) is 5.95 Å². The van der Waals surface area contributed by atoms with Gasteiger partial charge < -0.3 is 5.32 Å². The normalized spacial score (nSPS) is 11.2. The summed E-state index contributed by atoms with van der Waals surface area (Å²) in [6, 6.07) is 15.1. The lowest BCUT2D eigenvalue weighted by atomic mass is 10.1. The standard InChI is InChI=1S/C24H27N5.2C2H6/c1-5-17(4)26-24-25-13-11-20(27-24)23-22(19-9-7-16(3)8-10-19)28-21-15-18(6-2)12-14-29(21)23;2*1-2/h7-15,17H,5-6H2,1-4H3,(H,25,26,27);2*1-2H3. The van der Waals surface area contributed by atoms with Gasteiger partial charge in [0.2, 0.25) is 5.95 Å². The fourth-order valence-electron chi connectivity index (χ4n) is 3.35. The van der Waals surface area contributed by atoms with Crippen molar-refractivity contribution in [2.45, 2.75) is 74.3 Å². The minimum Gasteiger partial charge on any atom is -0.352 e. The maximum Gasteiger partial charge on any atom is 0.223 e. The minimum atomic E-state index is 0.316. The Balaban J connectivity index is 0.000000914. The zero-order valence-electron chi connectivity index (χ0n) is 21.5. The molecule has 5 nitrogen and oxygen atoms in total. The maximum atomic E-state index is 4.99. The summed E-state index contributed by atoms with van der Waals surface area (Å²) in [4.78, 5) is 14.2. The molecular weight excluding hydrogens is 406 g/mol. The van der Waals surface area contributed by atoms with Crippen LogP contribution in [-0.2, 0) is 6.42 Å². The van der Waals surface area contributed by atoms with E-state index >= 15 is 0 Å². The molecule has 1 unspecified atom stereocenters. The number of rotatable bonds is 6. The van der Waals surface area contributed by atoms with Crippen LogP contribution in [0.3, 0.4) is 0 Å². The predicted octanol–water partition coefficient (Wildman–Crippen LogP) is 7.59. The van der Waals surface area contributed by atoms with E-state index < -0.39 is 0 Å². The van der Waals surface area contributed by atoms with E-state index in [1.807, 2.05) is 40.0 Å². The highest BCUT2D eigenvalue weighted by Crippen LogP contribution is 2.32. The van der Waals surface area contributed by atoms with Gasteiger partial charge in [0.1, 0.15) is 5.65 Å². The predicted molar refractivity (Wildman–Crippen MR) is 142 cm³/mol. The Morgan fingerprint density at radius 3 is 2.27 bits per heavy atom. The molecule has 3 aromatic heterocycles. The molecule has 33 heavy (non-hydrogen) atoms. The first-order valence-electron chi connectivity index (χ1n) is 12.3. The van der Waals surface area contributed by atoms with E-state index in [2.05, 4.69) is 85.0 Å². The molecule has 4 rings (SSSR count). The number of benzene rings is 1. The summed E-state index contributed by atoms with van der Waals surface area (Å²) in [5.74, 6) is 0.645. The van der Waals surface area contributed by atoms with Crippen LogP contribution < -0.4 is 5.32 Å². The maximum absolute atomic E-state index is 4.99. The summed E-state index contributed by atoms with van der Waals surface area (Å²) in [5, 5.41) is 3.38. The molecule has 1 atom stereocenters. The van der Waals surface area contributed by atoms with Crippen molar-refractivity contribution in [2.75, 3.05) is 5.32 Å². The van der Waals surface area contributed by atoms with Crippen molar-refractivity contribution < 1.29 is 0 Å². The first-order chi connectivity index (χ1) is 16.1. The third kappa shape index (κ3) is 6.19. The first kappa shape index (κ1) is 26.0. The molecule has 0 aliphatic rings. The van der Waals surface area contributed by atoms with Crippen molar-refractivity contribution in [3.63, 3.8) is 0 Å². The fourth-order valence-corrected chi connectivity index (χ4v) is 3.35.